The van der Waals surface area contributed by atoms with Crippen molar-refractivity contribution in [2.24, 2.45) is 5.92 Å². The van der Waals surface area contributed by atoms with Gasteiger partial charge >= 0.3 is 0 Å². The summed E-state index contributed by atoms with van der Waals surface area (Å²) in [5, 5.41) is 9.43. The molecule has 0 amide bonds. The van der Waals surface area contributed by atoms with Crippen molar-refractivity contribution in [3.8, 4) is 17.6 Å². The largest absolute Gasteiger partial charge is 0.486 e. The first-order valence-corrected chi connectivity index (χ1v) is 7.79. The van der Waals surface area contributed by atoms with Gasteiger partial charge in [0.2, 0.25) is 0 Å². The van der Waals surface area contributed by atoms with E-state index in [2.05, 4.69) is 6.07 Å². The number of rotatable bonds is 8. The molecule has 1 heterocycles. The predicted molar refractivity (Wildman–Crippen MR) is 81.7 cm³/mol. The molecule has 0 aliphatic carbocycles. The fourth-order valence-electron chi connectivity index (χ4n) is 2.47. The molecule has 5 nitrogen and oxygen atoms in total. The maximum absolute atomic E-state index is 9.43. The lowest BCUT2D eigenvalue weighted by Crippen LogP contribution is -2.36. The second-order valence-corrected chi connectivity index (χ2v) is 5.07. The molecular formula is C17H23NO4. The summed E-state index contributed by atoms with van der Waals surface area (Å²) in [6.45, 7) is 5.45. The molecule has 2 atom stereocenters. The fourth-order valence-corrected chi connectivity index (χ4v) is 2.47. The van der Waals surface area contributed by atoms with Crippen molar-refractivity contribution >= 4 is 0 Å². The minimum atomic E-state index is -0.261. The van der Waals surface area contributed by atoms with Crippen LogP contribution in [0.4, 0.5) is 0 Å². The van der Waals surface area contributed by atoms with Crippen LogP contribution in [0.25, 0.3) is 0 Å². The van der Waals surface area contributed by atoms with E-state index < -0.39 is 0 Å². The van der Waals surface area contributed by atoms with E-state index in [-0.39, 0.29) is 18.3 Å². The molecule has 2 unspecified atom stereocenters. The van der Waals surface area contributed by atoms with Crippen LogP contribution in [-0.4, -0.2) is 32.2 Å². The standard InChI is InChI=1S/C17H23NO4/c1-3-19-17(20-4-2)10-9-13(11-18)16-12-21-14-7-5-6-8-15(14)22-16/h5-8,13,16-17H,3-4,9-10,12H2,1-2H3. The van der Waals surface area contributed by atoms with Crippen LogP contribution in [0.5, 0.6) is 11.5 Å². The molecule has 120 valence electrons. The minimum absolute atomic E-state index is 0.253. The van der Waals surface area contributed by atoms with E-state index in [0.717, 1.165) is 5.75 Å². The Morgan fingerprint density at radius 2 is 1.86 bits per heavy atom. The quantitative estimate of drug-likeness (QED) is 0.690. The number of fused-ring (bicyclic) bond motifs is 1. The van der Waals surface area contributed by atoms with Crippen LogP contribution in [0.3, 0.4) is 0 Å². The van der Waals surface area contributed by atoms with E-state index in [1.54, 1.807) is 0 Å². The van der Waals surface area contributed by atoms with Crippen molar-refractivity contribution in [1.29, 1.82) is 5.26 Å². The highest BCUT2D eigenvalue weighted by atomic mass is 16.7. The van der Waals surface area contributed by atoms with E-state index in [0.29, 0.717) is 38.4 Å². The SMILES string of the molecule is CCOC(CCC(C#N)C1COc2ccccc2O1)OCC. The summed E-state index contributed by atoms with van der Waals surface area (Å²) in [5.41, 5.74) is 0. The highest BCUT2D eigenvalue weighted by molar-refractivity contribution is 5.40. The number of benzene rings is 1. The average molecular weight is 305 g/mol. The summed E-state index contributed by atoms with van der Waals surface area (Å²) < 4.78 is 22.6. The Hall–Kier alpha value is -1.77. The molecule has 5 heteroatoms. The lowest BCUT2D eigenvalue weighted by molar-refractivity contribution is -0.142. The lowest BCUT2D eigenvalue weighted by Gasteiger charge is -2.29. The van der Waals surface area contributed by atoms with Crippen LogP contribution in [0.2, 0.25) is 0 Å². The number of para-hydroxylation sites is 2. The molecule has 1 aliphatic rings. The lowest BCUT2D eigenvalue weighted by atomic mass is 9.97. The first kappa shape index (κ1) is 16.6. The van der Waals surface area contributed by atoms with Gasteiger partial charge in [0.15, 0.2) is 17.8 Å². The molecule has 1 aliphatic heterocycles. The monoisotopic (exact) mass is 305 g/mol. The fraction of sp³-hybridized carbons (Fsp3) is 0.588. The molecule has 0 N–H and O–H groups in total. The third-order valence-electron chi connectivity index (χ3n) is 3.56. The molecule has 0 radical (unpaired) electrons. The zero-order valence-corrected chi connectivity index (χ0v) is 13.2. The molecule has 1 aromatic rings. The highest BCUT2D eigenvalue weighted by Gasteiger charge is 2.29. The molecule has 0 spiro atoms. The third kappa shape index (κ3) is 4.36. The second kappa shape index (κ2) is 8.62. The molecule has 0 fully saturated rings. The first-order chi connectivity index (χ1) is 10.8. The van der Waals surface area contributed by atoms with Gasteiger partial charge in [-0.2, -0.15) is 5.26 Å². The molecule has 0 saturated heterocycles. The van der Waals surface area contributed by atoms with Gasteiger partial charge in [-0.05, 0) is 38.8 Å². The van der Waals surface area contributed by atoms with Gasteiger partial charge in [-0.1, -0.05) is 12.1 Å². The second-order valence-electron chi connectivity index (χ2n) is 5.07. The van der Waals surface area contributed by atoms with Gasteiger partial charge in [-0.3, -0.25) is 0 Å². The normalized spacial score (nSPS) is 18.0. The van der Waals surface area contributed by atoms with E-state index in [4.69, 9.17) is 18.9 Å². The topological polar surface area (TPSA) is 60.7 Å². The van der Waals surface area contributed by atoms with E-state index >= 15 is 0 Å². The van der Waals surface area contributed by atoms with E-state index in [1.807, 2.05) is 38.1 Å². The summed E-state index contributed by atoms with van der Waals surface area (Å²) in [7, 11) is 0. The summed E-state index contributed by atoms with van der Waals surface area (Å²) in [4.78, 5) is 0. The molecule has 0 aromatic heterocycles. The minimum Gasteiger partial charge on any atom is -0.486 e. The number of ether oxygens (including phenoxy) is 4. The summed E-state index contributed by atoms with van der Waals surface area (Å²) >= 11 is 0. The Bertz CT molecular complexity index is 494. The zero-order valence-electron chi connectivity index (χ0n) is 13.2. The number of hydrogen-bond donors (Lipinski definition) is 0. The van der Waals surface area contributed by atoms with Crippen molar-refractivity contribution < 1.29 is 18.9 Å². The van der Waals surface area contributed by atoms with Crippen LogP contribution in [0, 0.1) is 17.2 Å². The van der Waals surface area contributed by atoms with Crippen molar-refractivity contribution in [3.05, 3.63) is 24.3 Å². The predicted octanol–water partition coefficient (Wildman–Crippen LogP) is 3.15. The van der Waals surface area contributed by atoms with Gasteiger partial charge in [-0.25, -0.2) is 0 Å². The van der Waals surface area contributed by atoms with Crippen LogP contribution < -0.4 is 9.47 Å². The maximum atomic E-state index is 9.43. The van der Waals surface area contributed by atoms with Gasteiger partial charge in [-0.15, -0.1) is 0 Å². The Labute approximate surface area is 131 Å². The summed E-state index contributed by atoms with van der Waals surface area (Å²) in [6.07, 6.45) is 0.796. The van der Waals surface area contributed by atoms with Crippen LogP contribution in [-0.2, 0) is 9.47 Å². The molecule has 1 aromatic carbocycles. The van der Waals surface area contributed by atoms with Crippen LogP contribution in [0.15, 0.2) is 24.3 Å². The molecular weight excluding hydrogens is 282 g/mol. The molecule has 0 saturated carbocycles. The van der Waals surface area contributed by atoms with Crippen molar-refractivity contribution in [2.45, 2.75) is 39.1 Å². The van der Waals surface area contributed by atoms with Crippen LogP contribution in [0.1, 0.15) is 26.7 Å². The average Bonchev–Trinajstić information content (AvgIpc) is 2.55. The highest BCUT2D eigenvalue weighted by Crippen LogP contribution is 2.33. The van der Waals surface area contributed by atoms with Gasteiger partial charge in [0, 0.05) is 13.2 Å². The van der Waals surface area contributed by atoms with Crippen molar-refractivity contribution in [1.82, 2.24) is 0 Å². The summed E-state index contributed by atoms with van der Waals surface area (Å²) in [6, 6.07) is 9.85. The Balaban J connectivity index is 1.91. The van der Waals surface area contributed by atoms with Crippen molar-refractivity contribution in [2.75, 3.05) is 19.8 Å². The third-order valence-corrected chi connectivity index (χ3v) is 3.56. The van der Waals surface area contributed by atoms with Crippen LogP contribution >= 0.6 is 0 Å². The Morgan fingerprint density at radius 3 is 2.50 bits per heavy atom. The molecule has 22 heavy (non-hydrogen) atoms. The maximum Gasteiger partial charge on any atom is 0.161 e. The van der Waals surface area contributed by atoms with Gasteiger partial charge in [0.25, 0.3) is 0 Å². The number of nitriles is 1. The zero-order chi connectivity index (χ0) is 15.8. The Kier molecular flexibility index (Phi) is 6.50. The van der Waals surface area contributed by atoms with Crippen molar-refractivity contribution in [3.63, 3.8) is 0 Å². The van der Waals surface area contributed by atoms with E-state index in [1.165, 1.54) is 0 Å². The summed E-state index contributed by atoms with van der Waals surface area (Å²) in [5.74, 6) is 1.18. The Morgan fingerprint density at radius 1 is 1.18 bits per heavy atom. The smallest absolute Gasteiger partial charge is 0.161 e. The van der Waals surface area contributed by atoms with Gasteiger partial charge < -0.3 is 18.9 Å². The van der Waals surface area contributed by atoms with E-state index in [9.17, 15) is 5.26 Å². The number of nitrogens with zero attached hydrogens (tertiary/aromatic N) is 1. The molecule has 0 bridgehead atoms. The van der Waals surface area contributed by atoms with Gasteiger partial charge in [0.1, 0.15) is 12.7 Å². The first-order valence-electron chi connectivity index (χ1n) is 7.79. The number of hydrogen-bond acceptors (Lipinski definition) is 5. The van der Waals surface area contributed by atoms with Gasteiger partial charge in [0.05, 0.1) is 12.0 Å². The molecule has 2 rings (SSSR count).